The van der Waals surface area contributed by atoms with Crippen molar-refractivity contribution in [2.45, 2.75) is 45.7 Å². The Morgan fingerprint density at radius 2 is 1.71 bits per heavy atom. The number of hydrogen-bond donors (Lipinski definition) is 1. The van der Waals surface area contributed by atoms with E-state index in [-0.39, 0.29) is 11.3 Å². The van der Waals surface area contributed by atoms with Crippen molar-refractivity contribution in [3.63, 3.8) is 0 Å². The van der Waals surface area contributed by atoms with Crippen LogP contribution in [0.15, 0.2) is 72.8 Å². The summed E-state index contributed by atoms with van der Waals surface area (Å²) in [5.74, 6) is 1.54. The van der Waals surface area contributed by atoms with E-state index in [0.29, 0.717) is 23.7 Å². The molecule has 0 saturated carbocycles. The zero-order valence-corrected chi connectivity index (χ0v) is 20.6. The summed E-state index contributed by atoms with van der Waals surface area (Å²) in [6.45, 7) is 8.28. The Morgan fingerprint density at radius 1 is 1.00 bits per heavy atom. The highest BCUT2D eigenvalue weighted by Gasteiger charge is 2.14. The number of fused-ring (bicyclic) bond motifs is 1. The molecule has 1 amide bonds. The summed E-state index contributed by atoms with van der Waals surface area (Å²) in [5, 5.41) is 3.58. The molecule has 0 aliphatic rings. The molecular weight excluding hydrogens is 446 g/mol. The largest absolute Gasteiger partial charge is 0.494 e. The first-order valence-corrected chi connectivity index (χ1v) is 11.9. The minimum atomic E-state index is -0.155. The van der Waals surface area contributed by atoms with Crippen LogP contribution < -0.4 is 10.1 Å². The van der Waals surface area contributed by atoms with Crippen LogP contribution in [0.4, 0.5) is 0 Å². The molecule has 4 aromatic rings. The molecule has 1 heterocycles. The fourth-order valence-corrected chi connectivity index (χ4v) is 3.96. The molecule has 0 atom stereocenters. The minimum Gasteiger partial charge on any atom is -0.494 e. The minimum absolute atomic E-state index is 0.125. The topological polar surface area (TPSA) is 56.1 Å². The maximum absolute atomic E-state index is 12.5. The SMILES string of the molecule is CC(C)(C)c1ccc(OCCCn2c(CNC(=O)c3ccc(Cl)cc3)nc3ccccc32)cc1. The Kier molecular flexibility index (Phi) is 7.23. The van der Waals surface area contributed by atoms with Crippen molar-refractivity contribution in [3.8, 4) is 5.75 Å². The van der Waals surface area contributed by atoms with Crippen molar-refractivity contribution >= 4 is 28.5 Å². The molecule has 176 valence electrons. The van der Waals surface area contributed by atoms with Crippen LogP contribution >= 0.6 is 11.6 Å². The fourth-order valence-electron chi connectivity index (χ4n) is 3.84. The molecule has 0 saturated heterocycles. The number of ether oxygens (including phenoxy) is 1. The highest BCUT2D eigenvalue weighted by Crippen LogP contribution is 2.24. The summed E-state index contributed by atoms with van der Waals surface area (Å²) in [6.07, 6.45) is 0.819. The standard InChI is InChI=1S/C28H30ClN3O2/c1-28(2,3)21-11-15-23(16-12-21)34-18-6-17-32-25-8-5-4-7-24(25)31-26(32)19-30-27(33)20-9-13-22(29)14-10-20/h4-5,7-16H,6,17-19H2,1-3H3,(H,30,33). The van der Waals surface area contributed by atoms with Crippen LogP contribution in [-0.4, -0.2) is 22.1 Å². The third kappa shape index (κ3) is 5.78. The average molecular weight is 476 g/mol. The molecule has 4 rings (SSSR count). The Hall–Kier alpha value is -3.31. The third-order valence-corrected chi connectivity index (χ3v) is 6.01. The van der Waals surface area contributed by atoms with E-state index in [2.05, 4.69) is 48.9 Å². The number of benzene rings is 3. The van der Waals surface area contributed by atoms with Crippen LogP contribution in [-0.2, 0) is 18.5 Å². The number of carbonyl (C=O) groups is 1. The predicted octanol–water partition coefficient (Wildman–Crippen LogP) is 6.39. The number of nitrogens with zero attached hydrogens (tertiary/aromatic N) is 2. The first-order valence-electron chi connectivity index (χ1n) is 11.5. The molecule has 0 unspecified atom stereocenters. The Morgan fingerprint density at radius 3 is 2.41 bits per heavy atom. The molecule has 0 aliphatic carbocycles. The first-order chi connectivity index (χ1) is 16.3. The van der Waals surface area contributed by atoms with Gasteiger partial charge >= 0.3 is 0 Å². The molecular formula is C28H30ClN3O2. The van der Waals surface area contributed by atoms with Crippen molar-refractivity contribution in [1.29, 1.82) is 0 Å². The van der Waals surface area contributed by atoms with E-state index in [9.17, 15) is 4.79 Å². The quantitative estimate of drug-likeness (QED) is 0.300. The van der Waals surface area contributed by atoms with Gasteiger partial charge in [0.1, 0.15) is 11.6 Å². The van der Waals surface area contributed by atoms with Crippen molar-refractivity contribution in [1.82, 2.24) is 14.9 Å². The van der Waals surface area contributed by atoms with E-state index in [1.54, 1.807) is 24.3 Å². The van der Waals surface area contributed by atoms with Crippen molar-refractivity contribution in [2.75, 3.05) is 6.61 Å². The van der Waals surface area contributed by atoms with Gasteiger partial charge in [0.15, 0.2) is 0 Å². The lowest BCUT2D eigenvalue weighted by molar-refractivity contribution is 0.0949. The number of para-hydroxylation sites is 2. The fraction of sp³-hybridized carbons (Fsp3) is 0.286. The molecule has 0 fully saturated rings. The maximum Gasteiger partial charge on any atom is 0.251 e. The second kappa shape index (κ2) is 10.3. The highest BCUT2D eigenvalue weighted by molar-refractivity contribution is 6.30. The van der Waals surface area contributed by atoms with Crippen molar-refractivity contribution in [3.05, 3.63) is 94.8 Å². The van der Waals surface area contributed by atoms with Gasteiger partial charge in [-0.05, 0) is 65.9 Å². The molecule has 0 aliphatic heterocycles. The number of amides is 1. The molecule has 0 bridgehead atoms. The van der Waals surface area contributed by atoms with E-state index >= 15 is 0 Å². The van der Waals surface area contributed by atoms with Gasteiger partial charge in [-0.2, -0.15) is 0 Å². The van der Waals surface area contributed by atoms with Crippen LogP contribution in [0, 0.1) is 0 Å². The van der Waals surface area contributed by atoms with Crippen LogP contribution in [0.5, 0.6) is 5.75 Å². The molecule has 1 N–H and O–H groups in total. The number of halogens is 1. The molecule has 34 heavy (non-hydrogen) atoms. The van der Waals surface area contributed by atoms with Gasteiger partial charge in [-0.3, -0.25) is 4.79 Å². The van der Waals surface area contributed by atoms with Gasteiger partial charge in [-0.15, -0.1) is 0 Å². The van der Waals surface area contributed by atoms with Gasteiger partial charge in [-0.25, -0.2) is 4.98 Å². The van der Waals surface area contributed by atoms with Gasteiger partial charge in [0.25, 0.3) is 5.91 Å². The number of hydrogen-bond acceptors (Lipinski definition) is 3. The summed E-state index contributed by atoms with van der Waals surface area (Å²) >= 11 is 5.92. The number of rotatable bonds is 8. The van der Waals surface area contributed by atoms with Crippen LogP contribution in [0.2, 0.25) is 5.02 Å². The van der Waals surface area contributed by atoms with Gasteiger partial charge < -0.3 is 14.6 Å². The lowest BCUT2D eigenvalue weighted by Gasteiger charge is -2.19. The lowest BCUT2D eigenvalue weighted by Crippen LogP contribution is -2.25. The summed E-state index contributed by atoms with van der Waals surface area (Å²) in [5.41, 5.74) is 3.94. The second-order valence-electron chi connectivity index (χ2n) is 9.33. The van der Waals surface area contributed by atoms with Gasteiger partial charge in [0.2, 0.25) is 0 Å². The van der Waals surface area contributed by atoms with Crippen molar-refractivity contribution in [2.24, 2.45) is 0 Å². The first kappa shape index (κ1) is 23.8. The Bertz CT molecular complexity index is 1260. The monoisotopic (exact) mass is 475 g/mol. The average Bonchev–Trinajstić information content (AvgIpc) is 3.18. The van der Waals surface area contributed by atoms with E-state index < -0.39 is 0 Å². The van der Waals surface area contributed by atoms with E-state index in [4.69, 9.17) is 21.3 Å². The van der Waals surface area contributed by atoms with E-state index in [0.717, 1.165) is 35.6 Å². The van der Waals surface area contributed by atoms with Crippen LogP contribution in [0.25, 0.3) is 11.0 Å². The Balaban J connectivity index is 1.39. The second-order valence-corrected chi connectivity index (χ2v) is 9.77. The highest BCUT2D eigenvalue weighted by atomic mass is 35.5. The van der Waals surface area contributed by atoms with Gasteiger partial charge in [-0.1, -0.05) is 56.6 Å². The predicted molar refractivity (Wildman–Crippen MR) is 138 cm³/mol. The van der Waals surface area contributed by atoms with Gasteiger partial charge in [0, 0.05) is 17.1 Å². The zero-order valence-electron chi connectivity index (χ0n) is 19.8. The number of nitrogens with one attached hydrogen (secondary N) is 1. The maximum atomic E-state index is 12.5. The lowest BCUT2D eigenvalue weighted by atomic mass is 9.87. The summed E-state index contributed by atoms with van der Waals surface area (Å²) in [4.78, 5) is 17.3. The molecule has 5 nitrogen and oxygen atoms in total. The van der Waals surface area contributed by atoms with E-state index in [1.165, 1.54) is 5.56 Å². The van der Waals surface area contributed by atoms with Crippen LogP contribution in [0.3, 0.4) is 0 Å². The molecule has 6 heteroatoms. The Labute approximate surface area is 205 Å². The normalized spacial score (nSPS) is 11.5. The smallest absolute Gasteiger partial charge is 0.251 e. The summed E-state index contributed by atoms with van der Waals surface area (Å²) < 4.78 is 8.13. The molecule has 0 spiro atoms. The van der Waals surface area contributed by atoms with Crippen LogP contribution in [0.1, 0.15) is 48.9 Å². The molecule has 0 radical (unpaired) electrons. The molecule has 3 aromatic carbocycles. The van der Waals surface area contributed by atoms with E-state index in [1.807, 2.05) is 30.3 Å². The number of carbonyl (C=O) groups excluding carboxylic acids is 1. The number of aromatic nitrogens is 2. The third-order valence-electron chi connectivity index (χ3n) is 5.76. The number of imidazole rings is 1. The van der Waals surface area contributed by atoms with Gasteiger partial charge in [0.05, 0.1) is 24.2 Å². The number of aryl methyl sites for hydroxylation is 1. The summed E-state index contributed by atoms with van der Waals surface area (Å²) in [6, 6.07) is 23.2. The molecule has 1 aromatic heterocycles. The summed E-state index contributed by atoms with van der Waals surface area (Å²) in [7, 11) is 0. The van der Waals surface area contributed by atoms with Crippen molar-refractivity contribution < 1.29 is 9.53 Å². The zero-order chi connectivity index (χ0) is 24.1.